The van der Waals surface area contributed by atoms with Crippen LogP contribution in [-0.2, 0) is 9.84 Å². The van der Waals surface area contributed by atoms with Crippen molar-refractivity contribution in [2.24, 2.45) is 0 Å². The minimum atomic E-state index is -3.23. The molecule has 1 aliphatic rings. The number of hydrogen-bond acceptors (Lipinski definition) is 6. The van der Waals surface area contributed by atoms with Crippen LogP contribution in [0.2, 0.25) is 0 Å². The van der Waals surface area contributed by atoms with Crippen LogP contribution in [-0.4, -0.2) is 52.1 Å². The van der Waals surface area contributed by atoms with E-state index in [1.165, 1.54) is 6.26 Å². The Balaban J connectivity index is 1.51. The smallest absolute Gasteiger partial charge is 0.202 e. The van der Waals surface area contributed by atoms with Crippen LogP contribution in [0.4, 0.5) is 0 Å². The first kappa shape index (κ1) is 19.0. The van der Waals surface area contributed by atoms with E-state index in [1.807, 2.05) is 35.3 Å². The van der Waals surface area contributed by atoms with Crippen molar-refractivity contribution in [2.45, 2.75) is 23.8 Å². The summed E-state index contributed by atoms with van der Waals surface area (Å²) in [5, 5.41) is 12.7. The SMILES string of the molecule is CS(=O)(=O)c1ccc(-c2cccn3nc(-c4ccn(C5CCNCC5)n4)nc23)cc1. The molecule has 0 spiro atoms. The maximum Gasteiger partial charge on any atom is 0.202 e. The van der Waals surface area contributed by atoms with E-state index >= 15 is 0 Å². The molecule has 1 aromatic carbocycles. The topological polar surface area (TPSA) is 94.2 Å². The van der Waals surface area contributed by atoms with E-state index in [1.54, 1.807) is 28.8 Å². The van der Waals surface area contributed by atoms with Gasteiger partial charge in [-0.1, -0.05) is 12.1 Å². The van der Waals surface area contributed by atoms with Gasteiger partial charge in [0.2, 0.25) is 5.82 Å². The predicted molar refractivity (Wildman–Crippen MR) is 114 cm³/mol. The second-order valence-electron chi connectivity index (χ2n) is 7.58. The molecule has 1 N–H and O–H groups in total. The third-order valence-electron chi connectivity index (χ3n) is 5.48. The monoisotopic (exact) mass is 422 g/mol. The molecule has 0 unspecified atom stereocenters. The molecule has 4 heterocycles. The van der Waals surface area contributed by atoms with Gasteiger partial charge < -0.3 is 5.32 Å². The number of aromatic nitrogens is 5. The van der Waals surface area contributed by atoms with Crippen LogP contribution in [0.5, 0.6) is 0 Å². The van der Waals surface area contributed by atoms with Crippen molar-refractivity contribution in [2.75, 3.05) is 19.3 Å². The van der Waals surface area contributed by atoms with Crippen LogP contribution >= 0.6 is 0 Å². The van der Waals surface area contributed by atoms with Gasteiger partial charge in [-0.15, -0.1) is 5.10 Å². The van der Waals surface area contributed by atoms with Crippen LogP contribution in [0.3, 0.4) is 0 Å². The predicted octanol–water partition coefficient (Wildman–Crippen LogP) is 2.59. The number of nitrogens with one attached hydrogen (secondary N) is 1. The third-order valence-corrected chi connectivity index (χ3v) is 6.60. The van der Waals surface area contributed by atoms with E-state index < -0.39 is 9.84 Å². The summed E-state index contributed by atoms with van der Waals surface area (Å²) >= 11 is 0. The molecule has 0 saturated carbocycles. The van der Waals surface area contributed by atoms with E-state index in [2.05, 4.69) is 10.4 Å². The van der Waals surface area contributed by atoms with Gasteiger partial charge in [0.1, 0.15) is 5.69 Å². The van der Waals surface area contributed by atoms with Crippen molar-refractivity contribution < 1.29 is 8.42 Å². The third kappa shape index (κ3) is 3.50. The first-order valence-corrected chi connectivity index (χ1v) is 11.8. The minimum absolute atomic E-state index is 0.295. The fourth-order valence-corrected chi connectivity index (χ4v) is 4.48. The maximum atomic E-state index is 11.7. The molecule has 9 heteroatoms. The largest absolute Gasteiger partial charge is 0.317 e. The lowest BCUT2D eigenvalue weighted by Crippen LogP contribution is -2.29. The van der Waals surface area contributed by atoms with E-state index in [4.69, 9.17) is 10.1 Å². The Bertz CT molecular complexity index is 1300. The fourth-order valence-electron chi connectivity index (χ4n) is 3.85. The Morgan fingerprint density at radius 2 is 1.77 bits per heavy atom. The second-order valence-corrected chi connectivity index (χ2v) is 9.60. The van der Waals surface area contributed by atoms with Crippen LogP contribution in [0.1, 0.15) is 18.9 Å². The molecule has 30 heavy (non-hydrogen) atoms. The van der Waals surface area contributed by atoms with Crippen molar-refractivity contribution in [3.63, 3.8) is 0 Å². The molecule has 8 nitrogen and oxygen atoms in total. The molecule has 154 valence electrons. The first-order chi connectivity index (χ1) is 14.5. The van der Waals surface area contributed by atoms with Crippen molar-refractivity contribution >= 4 is 15.5 Å². The van der Waals surface area contributed by atoms with E-state index in [0.717, 1.165) is 42.8 Å². The van der Waals surface area contributed by atoms with Crippen molar-refractivity contribution in [3.8, 4) is 22.6 Å². The van der Waals surface area contributed by atoms with Gasteiger partial charge in [-0.3, -0.25) is 4.68 Å². The standard InChI is InChI=1S/C21H22N6O2S/c1-30(28,29)17-6-4-15(5-7-17)18-3-2-13-27-21(18)23-20(25-27)19-10-14-26(24-19)16-8-11-22-12-9-16/h2-7,10,13-14,16,22H,8-9,11-12H2,1H3. The molecule has 0 radical (unpaired) electrons. The zero-order valence-corrected chi connectivity index (χ0v) is 17.4. The Morgan fingerprint density at radius 1 is 1.00 bits per heavy atom. The summed E-state index contributed by atoms with van der Waals surface area (Å²) in [4.78, 5) is 5.03. The molecule has 0 amide bonds. The van der Waals surface area contributed by atoms with Gasteiger partial charge in [0.25, 0.3) is 0 Å². The lowest BCUT2D eigenvalue weighted by Gasteiger charge is -2.22. The molecule has 0 bridgehead atoms. The molecule has 0 aliphatic carbocycles. The van der Waals surface area contributed by atoms with Gasteiger partial charge in [0.05, 0.1) is 10.9 Å². The summed E-state index contributed by atoms with van der Waals surface area (Å²) in [5.74, 6) is 0.572. The minimum Gasteiger partial charge on any atom is -0.317 e. The number of fused-ring (bicyclic) bond motifs is 1. The quantitative estimate of drug-likeness (QED) is 0.543. The maximum absolute atomic E-state index is 11.7. The van der Waals surface area contributed by atoms with Gasteiger partial charge in [0.15, 0.2) is 15.5 Å². The summed E-state index contributed by atoms with van der Waals surface area (Å²) < 4.78 is 27.2. The summed E-state index contributed by atoms with van der Waals surface area (Å²) in [5.41, 5.74) is 3.22. The Labute approximate surface area is 174 Å². The highest BCUT2D eigenvalue weighted by Crippen LogP contribution is 2.27. The normalized spacial score (nSPS) is 15.6. The lowest BCUT2D eigenvalue weighted by atomic mass is 10.1. The van der Waals surface area contributed by atoms with Gasteiger partial charge in [0, 0.05) is 24.2 Å². The van der Waals surface area contributed by atoms with E-state index in [9.17, 15) is 8.42 Å². The molecule has 4 aromatic rings. The van der Waals surface area contributed by atoms with Crippen molar-refractivity contribution in [3.05, 3.63) is 54.9 Å². The molecular weight excluding hydrogens is 400 g/mol. The highest BCUT2D eigenvalue weighted by atomic mass is 32.2. The van der Waals surface area contributed by atoms with E-state index in [-0.39, 0.29) is 0 Å². The van der Waals surface area contributed by atoms with Crippen LogP contribution in [0, 0.1) is 0 Å². The number of rotatable bonds is 4. The van der Waals surface area contributed by atoms with Crippen molar-refractivity contribution in [1.82, 2.24) is 29.7 Å². The van der Waals surface area contributed by atoms with E-state index in [0.29, 0.717) is 22.4 Å². The molecule has 5 rings (SSSR count). The fraction of sp³-hybridized carbons (Fsp3) is 0.286. The summed E-state index contributed by atoms with van der Waals surface area (Å²) in [7, 11) is -3.23. The van der Waals surface area contributed by atoms with Gasteiger partial charge in [-0.25, -0.2) is 17.9 Å². The highest BCUT2D eigenvalue weighted by Gasteiger charge is 2.18. The molecule has 1 saturated heterocycles. The number of benzene rings is 1. The van der Waals surface area contributed by atoms with Gasteiger partial charge in [-0.05, 0) is 61.8 Å². The number of pyridine rings is 1. The Kier molecular flexibility index (Phi) is 4.63. The molecule has 1 fully saturated rings. The molecule has 1 aliphatic heterocycles. The summed E-state index contributed by atoms with van der Waals surface area (Å²) in [6.45, 7) is 2.02. The Morgan fingerprint density at radius 3 is 2.50 bits per heavy atom. The Hall–Kier alpha value is -3.04. The highest BCUT2D eigenvalue weighted by molar-refractivity contribution is 7.90. The number of hydrogen-bond donors (Lipinski definition) is 1. The van der Waals surface area contributed by atoms with Crippen molar-refractivity contribution in [1.29, 1.82) is 0 Å². The first-order valence-electron chi connectivity index (χ1n) is 9.91. The number of sulfone groups is 1. The average molecular weight is 423 g/mol. The average Bonchev–Trinajstić information content (AvgIpc) is 3.41. The lowest BCUT2D eigenvalue weighted by molar-refractivity contribution is 0.343. The molecule has 0 atom stereocenters. The zero-order chi connectivity index (χ0) is 20.7. The van der Waals surface area contributed by atoms with Gasteiger partial charge >= 0.3 is 0 Å². The van der Waals surface area contributed by atoms with Crippen LogP contribution < -0.4 is 5.32 Å². The summed E-state index contributed by atoms with van der Waals surface area (Å²) in [6, 6.07) is 13.0. The molecular formula is C21H22N6O2S. The summed E-state index contributed by atoms with van der Waals surface area (Å²) in [6.07, 6.45) is 7.18. The molecule has 3 aromatic heterocycles. The number of nitrogens with zero attached hydrogens (tertiary/aromatic N) is 5. The second kappa shape index (κ2) is 7.33. The zero-order valence-electron chi connectivity index (χ0n) is 16.6. The van der Waals surface area contributed by atoms with Crippen LogP contribution in [0.15, 0.2) is 59.8 Å². The van der Waals surface area contributed by atoms with Crippen LogP contribution in [0.25, 0.3) is 28.3 Å². The number of piperidine rings is 1. The van der Waals surface area contributed by atoms with Gasteiger partial charge in [-0.2, -0.15) is 5.10 Å².